The van der Waals surface area contributed by atoms with Crippen LogP contribution in [0.2, 0.25) is 0 Å². The van der Waals surface area contributed by atoms with Gasteiger partial charge in [0.1, 0.15) is 0 Å². The lowest BCUT2D eigenvalue weighted by molar-refractivity contribution is 0.0734. The van der Waals surface area contributed by atoms with Crippen LogP contribution in [0.4, 0.5) is 0 Å². The van der Waals surface area contributed by atoms with E-state index >= 15 is 0 Å². The molecule has 2 amide bonds. The molecule has 0 spiro atoms. The van der Waals surface area contributed by atoms with Crippen LogP contribution in [0.5, 0.6) is 0 Å². The Labute approximate surface area is 202 Å². The first kappa shape index (κ1) is 22.0. The van der Waals surface area contributed by atoms with Gasteiger partial charge >= 0.3 is 0 Å². The van der Waals surface area contributed by atoms with Crippen molar-refractivity contribution < 1.29 is 9.59 Å². The van der Waals surface area contributed by atoms with Crippen molar-refractivity contribution in [3.63, 3.8) is 0 Å². The normalized spacial score (nSPS) is 12.9. The molecular formula is C26H25N5O2S. The molecule has 1 N–H and O–H groups in total. The Morgan fingerprint density at radius 1 is 1.12 bits per heavy atom. The number of amides is 2. The fourth-order valence-electron chi connectivity index (χ4n) is 4.31. The number of carbonyl (C=O) groups is 2. The minimum absolute atomic E-state index is 0.00586. The van der Waals surface area contributed by atoms with Crippen molar-refractivity contribution in [2.24, 2.45) is 0 Å². The van der Waals surface area contributed by atoms with E-state index in [1.165, 1.54) is 16.9 Å². The van der Waals surface area contributed by atoms with Crippen molar-refractivity contribution in [3.8, 4) is 5.69 Å². The van der Waals surface area contributed by atoms with Crippen LogP contribution in [-0.4, -0.2) is 37.8 Å². The minimum Gasteiger partial charge on any atom is -0.347 e. The number of carbonyl (C=O) groups excluding carboxylic acids is 2. The highest BCUT2D eigenvalue weighted by atomic mass is 32.1. The van der Waals surface area contributed by atoms with Gasteiger partial charge in [0.2, 0.25) is 0 Å². The number of nitrogens with zero attached hydrogens (tertiary/aromatic N) is 4. The first-order valence-corrected chi connectivity index (χ1v) is 12.0. The number of rotatable bonds is 5. The Hall–Kier alpha value is -3.78. The summed E-state index contributed by atoms with van der Waals surface area (Å²) in [6.45, 7) is 5.53. The summed E-state index contributed by atoms with van der Waals surface area (Å²) in [7, 11) is 0. The van der Waals surface area contributed by atoms with Crippen LogP contribution >= 0.6 is 11.3 Å². The number of fused-ring (bicyclic) bond motifs is 1. The maximum Gasteiger partial charge on any atom is 0.261 e. The Balaban J connectivity index is 1.29. The molecule has 0 saturated carbocycles. The Bertz CT molecular complexity index is 1340. The first-order chi connectivity index (χ1) is 16.5. The first-order valence-electron chi connectivity index (χ1n) is 11.2. The molecule has 1 aromatic carbocycles. The van der Waals surface area contributed by atoms with Crippen LogP contribution in [0, 0.1) is 13.8 Å². The fraction of sp³-hybridized carbons (Fsp3) is 0.231. The van der Waals surface area contributed by atoms with Gasteiger partial charge in [0.05, 0.1) is 11.2 Å². The van der Waals surface area contributed by atoms with Crippen LogP contribution in [-0.2, 0) is 19.5 Å². The number of thiophene rings is 1. The zero-order valence-corrected chi connectivity index (χ0v) is 19.9. The van der Waals surface area contributed by atoms with Gasteiger partial charge in [0.15, 0.2) is 0 Å². The largest absolute Gasteiger partial charge is 0.347 e. The van der Waals surface area contributed by atoms with Crippen LogP contribution in [0.25, 0.3) is 5.69 Å². The van der Waals surface area contributed by atoms with E-state index in [0.29, 0.717) is 30.1 Å². The van der Waals surface area contributed by atoms with Crippen molar-refractivity contribution in [2.45, 2.75) is 33.4 Å². The van der Waals surface area contributed by atoms with Crippen molar-refractivity contribution in [1.29, 1.82) is 0 Å². The highest BCUT2D eigenvalue weighted by Crippen LogP contribution is 2.25. The van der Waals surface area contributed by atoms with Crippen LogP contribution in [0.1, 0.15) is 47.3 Å². The third-order valence-corrected chi connectivity index (χ3v) is 7.19. The maximum atomic E-state index is 13.2. The van der Waals surface area contributed by atoms with E-state index in [-0.39, 0.29) is 11.8 Å². The zero-order chi connectivity index (χ0) is 23.7. The van der Waals surface area contributed by atoms with Gasteiger partial charge < -0.3 is 14.8 Å². The summed E-state index contributed by atoms with van der Waals surface area (Å²) >= 11 is 1.49. The summed E-state index contributed by atoms with van der Waals surface area (Å²) in [5.41, 5.74) is 5.81. The molecule has 0 atom stereocenters. The monoisotopic (exact) mass is 471 g/mol. The highest BCUT2D eigenvalue weighted by Gasteiger charge is 2.25. The fourth-order valence-corrected chi connectivity index (χ4v) is 5.10. The van der Waals surface area contributed by atoms with E-state index in [2.05, 4.69) is 15.3 Å². The molecule has 0 radical (unpaired) electrons. The summed E-state index contributed by atoms with van der Waals surface area (Å²) < 4.78 is 1.90. The highest BCUT2D eigenvalue weighted by molar-refractivity contribution is 7.13. The maximum absolute atomic E-state index is 13.2. The van der Waals surface area contributed by atoms with Gasteiger partial charge in [0.25, 0.3) is 11.8 Å². The number of pyridine rings is 1. The molecule has 3 aromatic heterocycles. The SMILES string of the molecule is Cc1ccc(C(=O)NCc2c(C)ncc3c2CCN(C(=O)c2ccc(-n4ccnc4)cc2)C3)s1. The molecule has 4 aromatic rings. The van der Waals surface area contributed by atoms with Crippen LogP contribution < -0.4 is 5.32 Å². The molecule has 4 heterocycles. The van der Waals surface area contributed by atoms with E-state index in [0.717, 1.165) is 33.8 Å². The number of benzene rings is 1. The second-order valence-electron chi connectivity index (χ2n) is 8.41. The van der Waals surface area contributed by atoms with E-state index < -0.39 is 0 Å². The zero-order valence-electron chi connectivity index (χ0n) is 19.1. The number of nitrogens with one attached hydrogen (secondary N) is 1. The van der Waals surface area contributed by atoms with Crippen molar-refractivity contribution in [3.05, 3.63) is 99.0 Å². The summed E-state index contributed by atoms with van der Waals surface area (Å²) in [5.74, 6) is -0.0619. The molecule has 34 heavy (non-hydrogen) atoms. The van der Waals surface area contributed by atoms with Gasteiger partial charge in [0, 0.05) is 60.0 Å². The standard InChI is InChI=1S/C26H25N5O2S/c1-17-3-8-24(34-17)25(32)29-14-23-18(2)28-13-20-15-30(11-9-22(20)23)26(33)19-4-6-21(7-5-19)31-12-10-27-16-31/h3-8,10,12-13,16H,9,11,14-15H2,1-2H3,(H,29,32). The van der Waals surface area contributed by atoms with Gasteiger partial charge in [-0.1, -0.05) is 0 Å². The lowest BCUT2D eigenvalue weighted by Crippen LogP contribution is -2.37. The second-order valence-corrected chi connectivity index (χ2v) is 9.70. The van der Waals surface area contributed by atoms with Crippen LogP contribution in [0.15, 0.2) is 61.3 Å². The van der Waals surface area contributed by atoms with Crippen LogP contribution in [0.3, 0.4) is 0 Å². The molecule has 0 aliphatic carbocycles. The third kappa shape index (κ3) is 4.36. The lowest BCUT2D eigenvalue weighted by atomic mass is 9.94. The van der Waals surface area contributed by atoms with Crippen molar-refractivity contribution in [1.82, 2.24) is 24.8 Å². The molecule has 0 unspecified atom stereocenters. The topological polar surface area (TPSA) is 80.1 Å². The third-order valence-electron chi connectivity index (χ3n) is 6.19. The quantitative estimate of drug-likeness (QED) is 0.476. The second kappa shape index (κ2) is 9.23. The number of hydrogen-bond donors (Lipinski definition) is 1. The molecule has 5 rings (SSSR count). The van der Waals surface area contributed by atoms with E-state index in [1.807, 2.05) is 72.1 Å². The number of imidazole rings is 1. The Kier molecular flexibility index (Phi) is 5.98. The average molecular weight is 472 g/mol. The van der Waals surface area contributed by atoms with E-state index in [4.69, 9.17) is 0 Å². The summed E-state index contributed by atoms with van der Waals surface area (Å²) in [6.07, 6.45) is 7.92. The van der Waals surface area contributed by atoms with E-state index in [9.17, 15) is 9.59 Å². The predicted molar refractivity (Wildman–Crippen MR) is 131 cm³/mol. The smallest absolute Gasteiger partial charge is 0.261 e. The molecule has 1 aliphatic heterocycles. The number of aromatic nitrogens is 3. The van der Waals surface area contributed by atoms with Gasteiger partial charge in [-0.3, -0.25) is 14.6 Å². The van der Waals surface area contributed by atoms with Gasteiger partial charge in [-0.25, -0.2) is 4.98 Å². The summed E-state index contributed by atoms with van der Waals surface area (Å²) in [5, 5.41) is 3.04. The Morgan fingerprint density at radius 2 is 1.94 bits per heavy atom. The van der Waals surface area contributed by atoms with Crippen molar-refractivity contribution in [2.75, 3.05) is 6.54 Å². The predicted octanol–water partition coefficient (Wildman–Crippen LogP) is 4.07. The molecule has 0 saturated heterocycles. The molecule has 1 aliphatic rings. The van der Waals surface area contributed by atoms with E-state index in [1.54, 1.807) is 12.5 Å². The molecule has 0 fully saturated rings. The molecule has 0 bridgehead atoms. The average Bonchev–Trinajstić information content (AvgIpc) is 3.55. The number of hydrogen-bond acceptors (Lipinski definition) is 5. The minimum atomic E-state index is -0.0677. The van der Waals surface area contributed by atoms with Gasteiger partial charge in [-0.05, 0) is 73.4 Å². The molecule has 172 valence electrons. The van der Waals surface area contributed by atoms with Gasteiger partial charge in [-0.15, -0.1) is 11.3 Å². The molecule has 7 nitrogen and oxygen atoms in total. The molecule has 8 heteroatoms. The van der Waals surface area contributed by atoms with Crippen molar-refractivity contribution >= 4 is 23.2 Å². The summed E-state index contributed by atoms with van der Waals surface area (Å²) in [6, 6.07) is 11.4. The molecular weight excluding hydrogens is 446 g/mol. The number of aryl methyl sites for hydroxylation is 2. The van der Waals surface area contributed by atoms with Gasteiger partial charge in [-0.2, -0.15) is 0 Å². The Morgan fingerprint density at radius 3 is 2.65 bits per heavy atom. The lowest BCUT2D eigenvalue weighted by Gasteiger charge is -2.30. The summed E-state index contributed by atoms with van der Waals surface area (Å²) in [4.78, 5) is 38.0.